The fraction of sp³-hybridized carbons (Fsp3) is 0.462. The van der Waals surface area contributed by atoms with Crippen molar-refractivity contribution in [2.24, 2.45) is 5.73 Å². The van der Waals surface area contributed by atoms with Crippen molar-refractivity contribution in [2.75, 3.05) is 6.54 Å². The Labute approximate surface area is 115 Å². The Hall–Kier alpha value is -1.07. The van der Waals surface area contributed by atoms with Crippen molar-refractivity contribution in [3.63, 3.8) is 0 Å². The first-order valence-corrected chi connectivity index (χ1v) is 6.83. The van der Waals surface area contributed by atoms with Crippen LogP contribution >= 0.6 is 15.9 Å². The highest BCUT2D eigenvalue weighted by Gasteiger charge is 2.28. The number of nitrogens with zero attached hydrogens (tertiary/aromatic N) is 1. The summed E-state index contributed by atoms with van der Waals surface area (Å²) >= 11 is 3.26. The van der Waals surface area contributed by atoms with Gasteiger partial charge < -0.3 is 15.7 Å². The Morgan fingerprint density at radius 2 is 2.28 bits per heavy atom. The van der Waals surface area contributed by atoms with Crippen LogP contribution in [-0.2, 0) is 0 Å². The number of piperidine rings is 1. The zero-order chi connectivity index (χ0) is 13.3. The highest BCUT2D eigenvalue weighted by molar-refractivity contribution is 9.10. The van der Waals surface area contributed by atoms with Gasteiger partial charge in [-0.1, -0.05) is 15.9 Å². The van der Waals surface area contributed by atoms with Gasteiger partial charge in [0.2, 0.25) is 0 Å². The summed E-state index contributed by atoms with van der Waals surface area (Å²) in [4.78, 5) is 14.1. The summed E-state index contributed by atoms with van der Waals surface area (Å²) in [5.74, 6) is -0.115. The lowest BCUT2D eigenvalue weighted by molar-refractivity contribution is 0.0616. The van der Waals surface area contributed by atoms with E-state index in [1.165, 1.54) is 6.07 Å². The molecule has 1 aromatic carbocycles. The summed E-state index contributed by atoms with van der Waals surface area (Å²) in [5, 5.41) is 9.83. The van der Waals surface area contributed by atoms with Gasteiger partial charge in [-0.3, -0.25) is 4.79 Å². The van der Waals surface area contributed by atoms with Crippen molar-refractivity contribution in [1.82, 2.24) is 4.90 Å². The zero-order valence-corrected chi connectivity index (χ0v) is 11.9. The predicted octanol–water partition coefficient (Wildman–Crippen LogP) is 2.11. The SMILES string of the molecule is CC1CC(N)CCN1C(=O)c1ccc(Br)cc1O. The van der Waals surface area contributed by atoms with E-state index in [2.05, 4.69) is 15.9 Å². The van der Waals surface area contributed by atoms with Crippen LogP contribution in [0.3, 0.4) is 0 Å². The highest BCUT2D eigenvalue weighted by Crippen LogP contribution is 2.26. The van der Waals surface area contributed by atoms with Crippen LogP contribution in [0.2, 0.25) is 0 Å². The molecule has 1 aliphatic heterocycles. The largest absolute Gasteiger partial charge is 0.507 e. The molecule has 1 amide bonds. The van der Waals surface area contributed by atoms with Crippen molar-refractivity contribution in [3.8, 4) is 5.75 Å². The molecule has 2 rings (SSSR count). The van der Waals surface area contributed by atoms with Gasteiger partial charge in [-0.25, -0.2) is 0 Å². The highest BCUT2D eigenvalue weighted by atomic mass is 79.9. The van der Waals surface area contributed by atoms with E-state index in [0.29, 0.717) is 12.1 Å². The quantitative estimate of drug-likeness (QED) is 0.834. The van der Waals surface area contributed by atoms with E-state index >= 15 is 0 Å². The van der Waals surface area contributed by atoms with Crippen molar-refractivity contribution >= 4 is 21.8 Å². The zero-order valence-electron chi connectivity index (χ0n) is 10.3. The van der Waals surface area contributed by atoms with Crippen LogP contribution in [0.1, 0.15) is 30.1 Å². The first-order chi connectivity index (χ1) is 8.49. The maximum absolute atomic E-state index is 12.4. The van der Waals surface area contributed by atoms with Gasteiger partial charge >= 0.3 is 0 Å². The van der Waals surface area contributed by atoms with Crippen LogP contribution in [-0.4, -0.2) is 34.5 Å². The summed E-state index contributed by atoms with van der Waals surface area (Å²) in [5.41, 5.74) is 6.23. The minimum Gasteiger partial charge on any atom is -0.507 e. The second-order valence-electron chi connectivity index (χ2n) is 4.79. The Kier molecular flexibility index (Phi) is 3.92. The number of likely N-dealkylation sites (tertiary alicyclic amines) is 1. The third kappa shape index (κ3) is 2.67. The molecule has 1 aliphatic rings. The number of nitrogens with two attached hydrogens (primary N) is 1. The third-order valence-corrected chi connectivity index (χ3v) is 3.86. The van der Waals surface area contributed by atoms with E-state index in [-0.39, 0.29) is 23.7 Å². The molecule has 0 spiro atoms. The van der Waals surface area contributed by atoms with Gasteiger partial charge in [0.05, 0.1) is 5.56 Å². The number of carbonyl (C=O) groups excluding carboxylic acids is 1. The van der Waals surface area contributed by atoms with Gasteiger partial charge in [0.25, 0.3) is 5.91 Å². The molecule has 2 unspecified atom stereocenters. The number of phenols is 1. The average molecular weight is 313 g/mol. The van der Waals surface area contributed by atoms with Crippen molar-refractivity contribution in [3.05, 3.63) is 28.2 Å². The Balaban J connectivity index is 2.20. The number of rotatable bonds is 1. The predicted molar refractivity (Wildman–Crippen MR) is 73.5 cm³/mol. The molecular formula is C13H17BrN2O2. The molecule has 1 heterocycles. The first-order valence-electron chi connectivity index (χ1n) is 6.04. The number of aromatic hydroxyl groups is 1. The first kappa shape index (κ1) is 13.4. The molecule has 1 fully saturated rings. The molecule has 0 radical (unpaired) electrons. The van der Waals surface area contributed by atoms with Gasteiger partial charge in [-0.15, -0.1) is 0 Å². The lowest BCUT2D eigenvalue weighted by atomic mass is 9.98. The number of carbonyl (C=O) groups is 1. The number of hydrogen-bond donors (Lipinski definition) is 2. The van der Waals surface area contributed by atoms with Crippen LogP contribution in [0.25, 0.3) is 0 Å². The molecule has 0 aliphatic carbocycles. The average Bonchev–Trinajstić information content (AvgIpc) is 2.28. The van der Waals surface area contributed by atoms with E-state index in [0.717, 1.165) is 17.3 Å². The standard InChI is InChI=1S/C13H17BrN2O2/c1-8-6-10(15)4-5-16(8)13(18)11-3-2-9(14)7-12(11)17/h2-3,7-8,10,17H,4-6,15H2,1H3. The number of benzene rings is 1. The topological polar surface area (TPSA) is 66.6 Å². The van der Waals surface area contributed by atoms with Gasteiger partial charge in [-0.2, -0.15) is 0 Å². The molecule has 18 heavy (non-hydrogen) atoms. The second kappa shape index (κ2) is 5.28. The lowest BCUT2D eigenvalue weighted by Crippen LogP contribution is -2.48. The molecule has 0 saturated carbocycles. The maximum atomic E-state index is 12.4. The van der Waals surface area contributed by atoms with Crippen LogP contribution in [0.15, 0.2) is 22.7 Å². The number of phenolic OH excluding ortho intramolecular Hbond substituents is 1. The van der Waals surface area contributed by atoms with Gasteiger partial charge in [0.1, 0.15) is 5.75 Å². The molecule has 1 aromatic rings. The third-order valence-electron chi connectivity index (χ3n) is 3.37. The summed E-state index contributed by atoms with van der Waals surface area (Å²) in [7, 11) is 0. The molecule has 1 saturated heterocycles. The fourth-order valence-corrected chi connectivity index (χ4v) is 2.70. The monoisotopic (exact) mass is 312 g/mol. The molecule has 98 valence electrons. The second-order valence-corrected chi connectivity index (χ2v) is 5.71. The van der Waals surface area contributed by atoms with Crippen LogP contribution in [0, 0.1) is 0 Å². The molecule has 3 N–H and O–H groups in total. The van der Waals surface area contributed by atoms with Crippen LogP contribution in [0.5, 0.6) is 5.75 Å². The van der Waals surface area contributed by atoms with Crippen molar-refractivity contribution in [1.29, 1.82) is 0 Å². The molecule has 5 heteroatoms. The molecule has 4 nitrogen and oxygen atoms in total. The molecule has 2 atom stereocenters. The van der Waals surface area contributed by atoms with E-state index in [1.54, 1.807) is 17.0 Å². The maximum Gasteiger partial charge on any atom is 0.257 e. The number of amides is 1. The van der Waals surface area contributed by atoms with Crippen molar-refractivity contribution < 1.29 is 9.90 Å². The smallest absolute Gasteiger partial charge is 0.257 e. The molecular weight excluding hydrogens is 296 g/mol. The van der Waals surface area contributed by atoms with Crippen LogP contribution in [0.4, 0.5) is 0 Å². The normalized spacial score (nSPS) is 24.1. The van der Waals surface area contributed by atoms with Crippen LogP contribution < -0.4 is 5.73 Å². The van der Waals surface area contributed by atoms with E-state index < -0.39 is 0 Å². The summed E-state index contributed by atoms with van der Waals surface area (Å²) in [6.45, 7) is 2.64. The lowest BCUT2D eigenvalue weighted by Gasteiger charge is -2.36. The van der Waals surface area contributed by atoms with Gasteiger partial charge in [0, 0.05) is 23.1 Å². The van der Waals surface area contributed by atoms with E-state index in [1.807, 2.05) is 6.92 Å². The summed E-state index contributed by atoms with van der Waals surface area (Å²) in [6.07, 6.45) is 1.62. The number of halogens is 1. The minimum atomic E-state index is -0.126. The Bertz CT molecular complexity index is 464. The minimum absolute atomic E-state index is 0.0106. The van der Waals surface area contributed by atoms with Gasteiger partial charge in [0.15, 0.2) is 0 Å². The fourth-order valence-electron chi connectivity index (χ4n) is 2.35. The molecule has 0 aromatic heterocycles. The van der Waals surface area contributed by atoms with Gasteiger partial charge in [-0.05, 0) is 38.0 Å². The van der Waals surface area contributed by atoms with Crippen molar-refractivity contribution in [2.45, 2.75) is 31.8 Å². The van der Waals surface area contributed by atoms with E-state index in [4.69, 9.17) is 5.73 Å². The summed E-state index contributed by atoms with van der Waals surface area (Å²) in [6, 6.07) is 5.22. The Morgan fingerprint density at radius 3 is 2.89 bits per heavy atom. The number of hydrogen-bond acceptors (Lipinski definition) is 3. The van der Waals surface area contributed by atoms with E-state index in [9.17, 15) is 9.90 Å². The Morgan fingerprint density at radius 1 is 1.56 bits per heavy atom. The summed E-state index contributed by atoms with van der Waals surface area (Å²) < 4.78 is 0.755. The molecule has 0 bridgehead atoms.